The van der Waals surface area contributed by atoms with E-state index in [9.17, 15) is 5.11 Å². The highest BCUT2D eigenvalue weighted by molar-refractivity contribution is 6.35. The Kier molecular flexibility index (Phi) is 5.84. The molecule has 0 saturated heterocycles. The molecular weight excluding hydrogens is 450 g/mol. The summed E-state index contributed by atoms with van der Waals surface area (Å²) in [5.41, 5.74) is 2.64. The first-order chi connectivity index (χ1) is 13.9. The number of hydrogen-bond acceptors (Lipinski definition) is 3. The highest BCUT2D eigenvalue weighted by Gasteiger charge is 2.24. The minimum Gasteiger partial charge on any atom is -0.505 e. The molecule has 0 spiro atoms. The Labute approximate surface area is 187 Å². The molecule has 3 nitrogen and oxygen atoms in total. The molecule has 0 amide bonds. The number of rotatable bonds is 4. The first-order valence-corrected chi connectivity index (χ1v) is 10.3. The van der Waals surface area contributed by atoms with Gasteiger partial charge in [-0.1, -0.05) is 70.7 Å². The summed E-state index contributed by atoms with van der Waals surface area (Å²) in [5.74, 6) is -0.221. The van der Waals surface area contributed by atoms with Crippen LogP contribution in [0.15, 0.2) is 60.9 Å². The molecule has 4 rings (SSSR count). The van der Waals surface area contributed by atoms with Gasteiger partial charge in [-0.2, -0.15) is 0 Å². The summed E-state index contributed by atoms with van der Waals surface area (Å²) in [7, 11) is 0. The van der Waals surface area contributed by atoms with E-state index in [0.29, 0.717) is 43.3 Å². The molecule has 0 aliphatic heterocycles. The maximum Gasteiger partial charge on any atom is 0.145 e. The van der Waals surface area contributed by atoms with Crippen LogP contribution in [0.2, 0.25) is 20.1 Å². The Bertz CT molecular complexity index is 1210. The fourth-order valence-corrected chi connectivity index (χ4v) is 4.38. The van der Waals surface area contributed by atoms with Crippen LogP contribution >= 0.6 is 46.4 Å². The molecule has 0 saturated carbocycles. The molecule has 0 aliphatic rings. The monoisotopic (exact) mass is 462 g/mol. The minimum atomic E-state index is -0.322. The van der Waals surface area contributed by atoms with Crippen molar-refractivity contribution < 1.29 is 5.11 Å². The van der Waals surface area contributed by atoms with Crippen LogP contribution in [0, 0.1) is 0 Å². The van der Waals surface area contributed by atoms with Crippen LogP contribution in [-0.2, 0) is 6.42 Å². The quantitative estimate of drug-likeness (QED) is 0.344. The Morgan fingerprint density at radius 1 is 0.828 bits per heavy atom. The van der Waals surface area contributed by atoms with Gasteiger partial charge in [-0.25, -0.2) is 0 Å². The summed E-state index contributed by atoms with van der Waals surface area (Å²) in [5, 5.41) is 13.8. The standard InChI is InChI=1S/C22H14Cl4N2O/c23-13-4-6-15(18(25)8-13)17(10-20-19(26)9-14(24)11-28-20)16-5-3-12-2-1-7-27-21(12)22(16)29/h1-9,11,17,29H,10H2. The third kappa shape index (κ3) is 4.15. The van der Waals surface area contributed by atoms with E-state index in [1.54, 1.807) is 30.6 Å². The van der Waals surface area contributed by atoms with E-state index < -0.39 is 0 Å². The van der Waals surface area contributed by atoms with Crippen molar-refractivity contribution in [2.75, 3.05) is 0 Å². The highest BCUT2D eigenvalue weighted by atomic mass is 35.5. The van der Waals surface area contributed by atoms with Crippen molar-refractivity contribution in [3.05, 3.63) is 97.8 Å². The molecule has 2 heterocycles. The normalized spacial score (nSPS) is 12.3. The number of phenolic OH excluding ortho intramolecular Hbond substituents is 1. The molecule has 0 aliphatic carbocycles. The average molecular weight is 464 g/mol. The molecule has 1 unspecified atom stereocenters. The third-order valence-electron chi connectivity index (χ3n) is 4.77. The Morgan fingerprint density at radius 2 is 1.59 bits per heavy atom. The lowest BCUT2D eigenvalue weighted by molar-refractivity contribution is 0.469. The molecule has 2 aromatic carbocycles. The zero-order valence-electron chi connectivity index (χ0n) is 14.9. The zero-order valence-corrected chi connectivity index (χ0v) is 17.9. The van der Waals surface area contributed by atoms with Crippen molar-refractivity contribution in [2.45, 2.75) is 12.3 Å². The van der Waals surface area contributed by atoms with Crippen molar-refractivity contribution in [1.29, 1.82) is 0 Å². The lowest BCUT2D eigenvalue weighted by atomic mass is 9.86. The maximum absolute atomic E-state index is 11.0. The summed E-state index contributed by atoms with van der Waals surface area (Å²) >= 11 is 25.0. The molecule has 7 heteroatoms. The number of aromatic hydroxyl groups is 1. The van der Waals surface area contributed by atoms with Gasteiger partial charge in [-0.15, -0.1) is 0 Å². The van der Waals surface area contributed by atoms with Crippen molar-refractivity contribution in [3.8, 4) is 5.75 Å². The van der Waals surface area contributed by atoms with Gasteiger partial charge in [0.2, 0.25) is 0 Å². The second kappa shape index (κ2) is 8.37. The second-order valence-corrected chi connectivity index (χ2v) is 8.27. The van der Waals surface area contributed by atoms with E-state index in [0.717, 1.165) is 10.9 Å². The maximum atomic E-state index is 11.0. The summed E-state index contributed by atoms with van der Waals surface area (Å²) in [6.07, 6.45) is 3.60. The van der Waals surface area contributed by atoms with Crippen LogP contribution in [0.5, 0.6) is 5.75 Å². The minimum absolute atomic E-state index is 0.101. The Morgan fingerprint density at radius 3 is 2.34 bits per heavy atom. The predicted octanol–water partition coefficient (Wildman–Crippen LogP) is 7.32. The first-order valence-electron chi connectivity index (χ1n) is 8.75. The summed E-state index contributed by atoms with van der Waals surface area (Å²) in [4.78, 5) is 8.70. The van der Waals surface area contributed by atoms with E-state index in [-0.39, 0.29) is 11.7 Å². The van der Waals surface area contributed by atoms with Crippen LogP contribution in [0.1, 0.15) is 22.7 Å². The Balaban J connectivity index is 1.89. The molecular formula is C22H14Cl4N2O. The fraction of sp³-hybridized carbons (Fsp3) is 0.0909. The predicted molar refractivity (Wildman–Crippen MR) is 120 cm³/mol. The van der Waals surface area contributed by atoms with Crippen molar-refractivity contribution in [1.82, 2.24) is 9.97 Å². The number of pyridine rings is 2. The van der Waals surface area contributed by atoms with Gasteiger partial charge >= 0.3 is 0 Å². The number of nitrogens with zero attached hydrogens (tertiary/aromatic N) is 2. The van der Waals surface area contributed by atoms with Crippen molar-refractivity contribution in [3.63, 3.8) is 0 Å². The van der Waals surface area contributed by atoms with Gasteiger partial charge in [0, 0.05) is 45.7 Å². The third-order valence-corrected chi connectivity index (χ3v) is 5.87. The first kappa shape index (κ1) is 20.2. The second-order valence-electron chi connectivity index (χ2n) is 6.58. The molecule has 0 bridgehead atoms. The van der Waals surface area contributed by atoms with Crippen LogP contribution in [-0.4, -0.2) is 15.1 Å². The van der Waals surface area contributed by atoms with E-state index in [1.807, 2.05) is 30.3 Å². The lowest BCUT2D eigenvalue weighted by Gasteiger charge is -2.21. The van der Waals surface area contributed by atoms with Crippen LogP contribution in [0.4, 0.5) is 0 Å². The SMILES string of the molecule is Oc1c(C(Cc2ncc(Cl)cc2Cl)c2ccc(Cl)cc2Cl)ccc2cccnc12. The molecule has 0 fully saturated rings. The topological polar surface area (TPSA) is 46.0 Å². The van der Waals surface area contributed by atoms with E-state index in [1.165, 1.54) is 0 Å². The summed E-state index contributed by atoms with van der Waals surface area (Å²) < 4.78 is 0. The van der Waals surface area contributed by atoms with Gasteiger partial charge in [0.05, 0.1) is 15.7 Å². The summed E-state index contributed by atoms with van der Waals surface area (Å²) in [6.45, 7) is 0. The number of hydrogen-bond donors (Lipinski definition) is 1. The number of benzene rings is 2. The van der Waals surface area contributed by atoms with Crippen molar-refractivity contribution >= 4 is 57.3 Å². The van der Waals surface area contributed by atoms with Gasteiger partial charge in [0.25, 0.3) is 0 Å². The van der Waals surface area contributed by atoms with Gasteiger partial charge in [-0.05, 0) is 29.8 Å². The largest absolute Gasteiger partial charge is 0.505 e. The van der Waals surface area contributed by atoms with Gasteiger partial charge in [-0.3, -0.25) is 9.97 Å². The molecule has 146 valence electrons. The van der Waals surface area contributed by atoms with Gasteiger partial charge < -0.3 is 5.11 Å². The molecule has 1 N–H and O–H groups in total. The van der Waals surface area contributed by atoms with Crippen LogP contribution < -0.4 is 0 Å². The number of halogens is 4. The van der Waals surface area contributed by atoms with E-state index in [4.69, 9.17) is 46.4 Å². The highest BCUT2D eigenvalue weighted by Crippen LogP contribution is 2.41. The van der Waals surface area contributed by atoms with Crippen molar-refractivity contribution in [2.24, 2.45) is 0 Å². The fourth-order valence-electron chi connectivity index (χ4n) is 3.38. The molecule has 2 aromatic heterocycles. The lowest BCUT2D eigenvalue weighted by Crippen LogP contribution is -2.08. The van der Waals surface area contributed by atoms with Gasteiger partial charge in [0.15, 0.2) is 0 Å². The van der Waals surface area contributed by atoms with Crippen LogP contribution in [0.25, 0.3) is 10.9 Å². The zero-order chi connectivity index (χ0) is 20.5. The van der Waals surface area contributed by atoms with E-state index >= 15 is 0 Å². The number of phenols is 1. The summed E-state index contributed by atoms with van der Waals surface area (Å²) in [6, 6.07) is 14.5. The van der Waals surface area contributed by atoms with Gasteiger partial charge in [0.1, 0.15) is 11.3 Å². The Hall–Kier alpha value is -2.04. The molecule has 29 heavy (non-hydrogen) atoms. The number of fused-ring (bicyclic) bond motifs is 1. The van der Waals surface area contributed by atoms with Crippen LogP contribution in [0.3, 0.4) is 0 Å². The smallest absolute Gasteiger partial charge is 0.145 e. The average Bonchev–Trinajstić information content (AvgIpc) is 2.69. The molecule has 0 radical (unpaired) electrons. The molecule has 1 atom stereocenters. The number of aromatic nitrogens is 2. The van der Waals surface area contributed by atoms with E-state index in [2.05, 4.69) is 9.97 Å². The molecule has 4 aromatic rings.